The predicted molar refractivity (Wildman–Crippen MR) is 82.0 cm³/mol. The second-order valence-corrected chi connectivity index (χ2v) is 8.19. The number of amides is 1. The maximum Gasteiger partial charge on any atom is 0.230 e. The van der Waals surface area contributed by atoms with E-state index in [0.717, 1.165) is 11.9 Å². The van der Waals surface area contributed by atoms with Gasteiger partial charge in [0, 0.05) is 22.8 Å². The molecule has 0 fully saturated rings. The molecule has 0 aromatic carbocycles. The summed E-state index contributed by atoms with van der Waals surface area (Å²) in [4.78, 5) is 19.4. The molecule has 1 amide bonds. The quantitative estimate of drug-likeness (QED) is 0.890. The van der Waals surface area contributed by atoms with Crippen LogP contribution < -0.4 is 5.32 Å². The van der Waals surface area contributed by atoms with Crippen LogP contribution in [0.4, 0.5) is 5.82 Å². The molecule has 0 saturated carbocycles. The second-order valence-electron chi connectivity index (χ2n) is 6.20. The molecule has 0 unspecified atom stereocenters. The molecule has 0 aliphatic rings. The van der Waals surface area contributed by atoms with Gasteiger partial charge in [-0.3, -0.25) is 4.79 Å². The normalized spacial score (nSPS) is 12.6. The first-order valence-corrected chi connectivity index (χ1v) is 8.39. The minimum absolute atomic E-state index is 0.0200. The van der Waals surface area contributed by atoms with Crippen molar-refractivity contribution < 1.29 is 13.2 Å². The number of carbonyl (C=O) groups excluding carboxylic acids is 1. The van der Waals surface area contributed by atoms with Crippen molar-refractivity contribution in [2.24, 2.45) is 5.41 Å². The topological polar surface area (TPSA) is 91.9 Å². The number of aromatic amines is 1. The zero-order chi connectivity index (χ0) is 16.0. The molecule has 2 aromatic heterocycles. The maximum absolute atomic E-state index is 12.1. The molecular formula is C14H19N3O3S. The predicted octanol–water partition coefficient (Wildman–Crippen LogP) is 2.26. The van der Waals surface area contributed by atoms with E-state index >= 15 is 0 Å². The number of aromatic nitrogens is 2. The first-order valence-electron chi connectivity index (χ1n) is 6.50. The number of pyridine rings is 1. The van der Waals surface area contributed by atoms with Crippen molar-refractivity contribution in [2.75, 3.05) is 11.6 Å². The Balaban J connectivity index is 2.62. The van der Waals surface area contributed by atoms with Crippen LogP contribution in [0.2, 0.25) is 0 Å². The molecule has 7 heteroatoms. The lowest BCUT2D eigenvalue weighted by Gasteiger charge is -2.18. The van der Waals surface area contributed by atoms with E-state index in [4.69, 9.17) is 0 Å². The Labute approximate surface area is 123 Å². The fourth-order valence-corrected chi connectivity index (χ4v) is 2.63. The smallest absolute Gasteiger partial charge is 0.230 e. The van der Waals surface area contributed by atoms with Gasteiger partial charge < -0.3 is 10.3 Å². The molecule has 114 valence electrons. The van der Waals surface area contributed by atoms with Gasteiger partial charge in [-0.05, 0) is 19.1 Å². The fourth-order valence-electron chi connectivity index (χ4n) is 1.84. The van der Waals surface area contributed by atoms with Crippen LogP contribution in [0, 0.1) is 12.3 Å². The molecule has 0 radical (unpaired) electrons. The standard InChI is InChI=1S/C14H19N3O3S/c1-8-6-9-7-10(21(5,19)20)12(16-11(9)15-8)17-13(18)14(2,3)4/h6-7H,1-5H3,(H2,15,16,17,18). The van der Waals surface area contributed by atoms with Crippen LogP contribution in [0.15, 0.2) is 17.0 Å². The molecule has 2 N–H and O–H groups in total. The van der Waals surface area contributed by atoms with Gasteiger partial charge in [0.2, 0.25) is 5.91 Å². The van der Waals surface area contributed by atoms with Crippen LogP contribution in [0.1, 0.15) is 26.5 Å². The van der Waals surface area contributed by atoms with Crippen molar-refractivity contribution in [3.63, 3.8) is 0 Å². The van der Waals surface area contributed by atoms with Gasteiger partial charge in [-0.1, -0.05) is 20.8 Å². The van der Waals surface area contributed by atoms with Crippen LogP contribution >= 0.6 is 0 Å². The van der Waals surface area contributed by atoms with E-state index in [1.807, 2.05) is 13.0 Å². The lowest BCUT2D eigenvalue weighted by atomic mass is 9.96. The van der Waals surface area contributed by atoms with E-state index in [9.17, 15) is 13.2 Å². The molecule has 6 nitrogen and oxygen atoms in total. The highest BCUT2D eigenvalue weighted by Crippen LogP contribution is 2.26. The first-order chi connectivity index (χ1) is 9.48. The number of sulfone groups is 1. The SMILES string of the molecule is Cc1cc2cc(S(C)(=O)=O)c(NC(=O)C(C)(C)C)nc2[nH]1. The van der Waals surface area contributed by atoms with E-state index in [-0.39, 0.29) is 16.6 Å². The molecule has 0 aliphatic carbocycles. The number of hydrogen-bond acceptors (Lipinski definition) is 4. The van der Waals surface area contributed by atoms with Crippen molar-refractivity contribution in [2.45, 2.75) is 32.6 Å². The zero-order valence-corrected chi connectivity index (χ0v) is 13.6. The lowest BCUT2D eigenvalue weighted by molar-refractivity contribution is -0.123. The van der Waals surface area contributed by atoms with Gasteiger partial charge in [-0.25, -0.2) is 13.4 Å². The maximum atomic E-state index is 12.1. The van der Waals surface area contributed by atoms with E-state index in [1.54, 1.807) is 20.8 Å². The number of fused-ring (bicyclic) bond motifs is 1. The summed E-state index contributed by atoms with van der Waals surface area (Å²) in [6.45, 7) is 7.11. The van der Waals surface area contributed by atoms with Gasteiger partial charge in [-0.2, -0.15) is 0 Å². The molecule has 0 saturated heterocycles. The minimum Gasteiger partial charge on any atom is -0.343 e. The Hall–Kier alpha value is -1.89. The number of rotatable bonds is 2. The number of hydrogen-bond donors (Lipinski definition) is 2. The van der Waals surface area contributed by atoms with E-state index in [0.29, 0.717) is 11.0 Å². The Morgan fingerprint density at radius 3 is 2.43 bits per heavy atom. The average Bonchev–Trinajstić information content (AvgIpc) is 2.64. The first kappa shape index (κ1) is 15.5. The monoisotopic (exact) mass is 309 g/mol. The molecule has 0 bridgehead atoms. The number of nitrogens with zero attached hydrogens (tertiary/aromatic N) is 1. The van der Waals surface area contributed by atoms with Gasteiger partial charge in [0.15, 0.2) is 15.7 Å². The second kappa shape index (κ2) is 4.84. The van der Waals surface area contributed by atoms with Crippen LogP contribution in [0.25, 0.3) is 11.0 Å². The number of aryl methyl sites for hydroxylation is 1. The third-order valence-electron chi connectivity index (χ3n) is 3.02. The van der Waals surface area contributed by atoms with Gasteiger partial charge in [0.05, 0.1) is 0 Å². The molecule has 21 heavy (non-hydrogen) atoms. The van der Waals surface area contributed by atoms with Crippen molar-refractivity contribution >= 4 is 32.6 Å². The molecule has 2 rings (SSSR count). The minimum atomic E-state index is -3.50. The summed E-state index contributed by atoms with van der Waals surface area (Å²) in [5, 5.41) is 3.31. The summed E-state index contributed by atoms with van der Waals surface area (Å²) >= 11 is 0. The summed E-state index contributed by atoms with van der Waals surface area (Å²) in [5.74, 6) is -0.227. The summed E-state index contributed by atoms with van der Waals surface area (Å²) in [6.07, 6.45) is 1.10. The Morgan fingerprint density at radius 1 is 1.29 bits per heavy atom. The third kappa shape index (κ3) is 3.24. The van der Waals surface area contributed by atoms with Gasteiger partial charge in [-0.15, -0.1) is 0 Å². The molecule has 2 aromatic rings. The van der Waals surface area contributed by atoms with E-state index < -0.39 is 15.3 Å². The van der Waals surface area contributed by atoms with Crippen LogP contribution in [0.5, 0.6) is 0 Å². The van der Waals surface area contributed by atoms with Crippen molar-refractivity contribution in [1.29, 1.82) is 0 Å². The number of nitrogens with one attached hydrogen (secondary N) is 2. The highest BCUT2D eigenvalue weighted by molar-refractivity contribution is 7.90. The zero-order valence-electron chi connectivity index (χ0n) is 12.7. The van der Waals surface area contributed by atoms with E-state index in [2.05, 4.69) is 15.3 Å². The van der Waals surface area contributed by atoms with Crippen LogP contribution in [-0.2, 0) is 14.6 Å². The summed E-state index contributed by atoms with van der Waals surface area (Å²) in [7, 11) is -3.50. The van der Waals surface area contributed by atoms with Gasteiger partial charge >= 0.3 is 0 Å². The van der Waals surface area contributed by atoms with Gasteiger partial charge in [0.25, 0.3) is 0 Å². The molecule has 0 atom stereocenters. The largest absolute Gasteiger partial charge is 0.343 e. The third-order valence-corrected chi connectivity index (χ3v) is 4.13. The number of anilines is 1. The summed E-state index contributed by atoms with van der Waals surface area (Å²) < 4.78 is 23.9. The Kier molecular flexibility index (Phi) is 3.57. The van der Waals surface area contributed by atoms with Crippen LogP contribution in [-0.4, -0.2) is 30.5 Å². The Morgan fingerprint density at radius 2 is 1.90 bits per heavy atom. The fraction of sp³-hybridized carbons (Fsp3) is 0.429. The van der Waals surface area contributed by atoms with Crippen LogP contribution in [0.3, 0.4) is 0 Å². The molecule has 0 aliphatic heterocycles. The van der Waals surface area contributed by atoms with Crippen molar-refractivity contribution in [3.8, 4) is 0 Å². The molecular weight excluding hydrogens is 290 g/mol. The Bertz CT molecular complexity index is 814. The average molecular weight is 309 g/mol. The summed E-state index contributed by atoms with van der Waals surface area (Å²) in [6, 6.07) is 3.34. The van der Waals surface area contributed by atoms with Crippen molar-refractivity contribution in [1.82, 2.24) is 9.97 Å². The lowest BCUT2D eigenvalue weighted by Crippen LogP contribution is -2.28. The summed E-state index contributed by atoms with van der Waals surface area (Å²) in [5.41, 5.74) is 0.775. The number of carbonyl (C=O) groups is 1. The molecule has 2 heterocycles. The molecule has 0 spiro atoms. The highest BCUT2D eigenvalue weighted by atomic mass is 32.2. The highest BCUT2D eigenvalue weighted by Gasteiger charge is 2.25. The van der Waals surface area contributed by atoms with Crippen molar-refractivity contribution in [3.05, 3.63) is 17.8 Å². The van der Waals surface area contributed by atoms with E-state index in [1.165, 1.54) is 6.07 Å². The number of H-pyrrole nitrogens is 1. The van der Waals surface area contributed by atoms with Gasteiger partial charge in [0.1, 0.15) is 10.5 Å².